The van der Waals surface area contributed by atoms with Crippen molar-refractivity contribution >= 4 is 23.7 Å². The third kappa shape index (κ3) is 8.10. The lowest BCUT2D eigenvalue weighted by atomic mass is 10.0. The minimum absolute atomic E-state index is 0.0223. The van der Waals surface area contributed by atoms with E-state index in [9.17, 15) is 29.4 Å². The number of hydrogen-bond acceptors (Lipinski definition) is 6. The van der Waals surface area contributed by atoms with Crippen molar-refractivity contribution < 1.29 is 29.4 Å². The fourth-order valence-corrected chi connectivity index (χ4v) is 3.73. The molecule has 0 aromatic rings. The van der Waals surface area contributed by atoms with Crippen LogP contribution in [0.5, 0.6) is 0 Å². The Morgan fingerprint density at radius 2 is 1.61 bits per heavy atom. The summed E-state index contributed by atoms with van der Waals surface area (Å²) in [5, 5.41) is 24.3. The number of carbonyl (C=O) groups excluding carboxylic acids is 3. The molecule has 10 heteroatoms. The molecule has 0 aromatic heterocycles. The van der Waals surface area contributed by atoms with Crippen molar-refractivity contribution in [2.75, 3.05) is 6.54 Å². The molecular formula is C21H38N4O6. The predicted octanol–water partition coefficient (Wildman–Crippen LogP) is -0.168. The van der Waals surface area contributed by atoms with Crippen LogP contribution in [0.15, 0.2) is 0 Å². The second-order valence-electron chi connectivity index (χ2n) is 9.18. The lowest BCUT2D eigenvalue weighted by Crippen LogP contribution is -2.59. The Morgan fingerprint density at radius 1 is 1.03 bits per heavy atom. The van der Waals surface area contributed by atoms with E-state index in [4.69, 9.17) is 5.73 Å². The van der Waals surface area contributed by atoms with Crippen LogP contribution in [0.1, 0.15) is 60.3 Å². The SMILES string of the molecule is CC(C)C[C@H](NC(=O)[C@@H](NC(=O)[C@@H]1CCCN1C(=O)[C@@H](N)CC(C)C)[C@@H](C)O)C(=O)O. The molecule has 31 heavy (non-hydrogen) atoms. The van der Waals surface area contributed by atoms with Crippen LogP contribution < -0.4 is 16.4 Å². The fraction of sp³-hybridized carbons (Fsp3) is 0.810. The van der Waals surface area contributed by atoms with Gasteiger partial charge in [0.2, 0.25) is 17.7 Å². The number of carboxylic acids is 1. The molecule has 0 spiro atoms. The van der Waals surface area contributed by atoms with Crippen LogP contribution >= 0.6 is 0 Å². The summed E-state index contributed by atoms with van der Waals surface area (Å²) in [6.45, 7) is 9.29. The third-order valence-electron chi connectivity index (χ3n) is 5.27. The van der Waals surface area contributed by atoms with Crippen molar-refractivity contribution in [3.63, 3.8) is 0 Å². The van der Waals surface area contributed by atoms with Gasteiger partial charge in [0.25, 0.3) is 0 Å². The lowest BCUT2D eigenvalue weighted by molar-refractivity contribution is -0.144. The number of nitrogens with two attached hydrogens (primary N) is 1. The summed E-state index contributed by atoms with van der Waals surface area (Å²) in [4.78, 5) is 51.1. The van der Waals surface area contributed by atoms with Crippen molar-refractivity contribution in [3.8, 4) is 0 Å². The molecule has 5 atom stereocenters. The number of carboxylic acid groups (broad SMARTS) is 1. The van der Waals surface area contributed by atoms with Crippen molar-refractivity contribution in [2.24, 2.45) is 17.6 Å². The standard InChI is InChI=1S/C21H38N4O6/c1-11(2)9-14(22)20(29)25-8-6-7-16(25)18(27)24-17(13(5)26)19(28)23-15(21(30)31)10-12(3)4/h11-17,26H,6-10,22H2,1-5H3,(H,23,28)(H,24,27)(H,30,31)/t13-,14+,15+,16+,17+/m1/s1. The van der Waals surface area contributed by atoms with Crippen LogP contribution in [-0.4, -0.2) is 75.6 Å². The van der Waals surface area contributed by atoms with Gasteiger partial charge in [-0.2, -0.15) is 0 Å². The number of aliphatic hydroxyl groups excluding tert-OH is 1. The molecule has 1 saturated heterocycles. The van der Waals surface area contributed by atoms with Crippen molar-refractivity contribution in [2.45, 2.75) is 90.6 Å². The van der Waals surface area contributed by atoms with Gasteiger partial charge in [0.15, 0.2) is 0 Å². The van der Waals surface area contributed by atoms with Gasteiger partial charge in [-0.05, 0) is 44.4 Å². The van der Waals surface area contributed by atoms with Crippen LogP contribution in [0.25, 0.3) is 0 Å². The largest absolute Gasteiger partial charge is 0.480 e. The summed E-state index contributed by atoms with van der Waals surface area (Å²) in [7, 11) is 0. The van der Waals surface area contributed by atoms with E-state index in [0.29, 0.717) is 25.8 Å². The van der Waals surface area contributed by atoms with E-state index < -0.39 is 48.1 Å². The molecule has 1 aliphatic rings. The first-order valence-electron chi connectivity index (χ1n) is 10.9. The maximum atomic E-state index is 12.9. The number of likely N-dealkylation sites (tertiary alicyclic amines) is 1. The molecule has 0 radical (unpaired) electrons. The second-order valence-corrected chi connectivity index (χ2v) is 9.18. The number of nitrogens with one attached hydrogen (secondary N) is 2. The highest BCUT2D eigenvalue weighted by molar-refractivity contribution is 5.94. The van der Waals surface area contributed by atoms with Gasteiger partial charge in [-0.15, -0.1) is 0 Å². The molecule has 3 amide bonds. The Morgan fingerprint density at radius 3 is 2.10 bits per heavy atom. The average Bonchev–Trinajstić information content (AvgIpc) is 3.13. The molecule has 1 aliphatic heterocycles. The van der Waals surface area contributed by atoms with Gasteiger partial charge < -0.3 is 31.5 Å². The number of carbonyl (C=O) groups is 4. The van der Waals surface area contributed by atoms with Crippen LogP contribution in [0.3, 0.4) is 0 Å². The van der Waals surface area contributed by atoms with E-state index in [1.165, 1.54) is 11.8 Å². The van der Waals surface area contributed by atoms with Crippen LogP contribution in [-0.2, 0) is 19.2 Å². The Labute approximate surface area is 183 Å². The smallest absolute Gasteiger partial charge is 0.326 e. The molecule has 1 heterocycles. The van der Waals surface area contributed by atoms with Gasteiger partial charge in [-0.1, -0.05) is 27.7 Å². The Kier molecular flexibility index (Phi) is 10.4. The first-order valence-corrected chi connectivity index (χ1v) is 10.9. The minimum Gasteiger partial charge on any atom is -0.480 e. The molecule has 0 saturated carbocycles. The van der Waals surface area contributed by atoms with Gasteiger partial charge in [0.05, 0.1) is 12.1 Å². The Balaban J connectivity index is 2.87. The summed E-state index contributed by atoms with van der Waals surface area (Å²) >= 11 is 0. The highest BCUT2D eigenvalue weighted by Crippen LogP contribution is 2.20. The van der Waals surface area contributed by atoms with E-state index in [1.807, 2.05) is 27.7 Å². The van der Waals surface area contributed by atoms with E-state index >= 15 is 0 Å². The molecule has 0 bridgehead atoms. The zero-order valence-corrected chi connectivity index (χ0v) is 19.1. The molecule has 178 valence electrons. The van der Waals surface area contributed by atoms with E-state index in [2.05, 4.69) is 10.6 Å². The number of aliphatic carboxylic acids is 1. The molecule has 1 fully saturated rings. The normalized spacial score (nSPS) is 20.3. The van der Waals surface area contributed by atoms with Gasteiger partial charge in [0.1, 0.15) is 18.1 Å². The maximum Gasteiger partial charge on any atom is 0.326 e. The quantitative estimate of drug-likeness (QED) is 0.297. The first-order chi connectivity index (χ1) is 14.3. The minimum atomic E-state index is -1.34. The summed E-state index contributed by atoms with van der Waals surface area (Å²) in [5.74, 6) is -2.61. The van der Waals surface area contributed by atoms with Gasteiger partial charge in [0, 0.05) is 6.54 Å². The maximum absolute atomic E-state index is 12.9. The van der Waals surface area contributed by atoms with Crippen LogP contribution in [0, 0.1) is 11.8 Å². The zero-order valence-electron chi connectivity index (χ0n) is 19.1. The molecule has 1 rings (SSSR count). The van der Waals surface area contributed by atoms with Gasteiger partial charge in [-0.3, -0.25) is 14.4 Å². The number of nitrogens with zero attached hydrogens (tertiary/aromatic N) is 1. The summed E-state index contributed by atoms with van der Waals surface area (Å²) in [6, 6.07) is -3.98. The second kappa shape index (κ2) is 12.0. The van der Waals surface area contributed by atoms with E-state index in [-0.39, 0.29) is 24.2 Å². The fourth-order valence-electron chi connectivity index (χ4n) is 3.73. The molecule has 0 aliphatic carbocycles. The van der Waals surface area contributed by atoms with E-state index in [1.54, 1.807) is 0 Å². The monoisotopic (exact) mass is 442 g/mol. The van der Waals surface area contributed by atoms with Crippen LogP contribution in [0.2, 0.25) is 0 Å². The van der Waals surface area contributed by atoms with Crippen LogP contribution in [0.4, 0.5) is 0 Å². The van der Waals surface area contributed by atoms with Crippen molar-refractivity contribution in [1.82, 2.24) is 15.5 Å². The topological polar surface area (TPSA) is 162 Å². The van der Waals surface area contributed by atoms with Crippen molar-refractivity contribution in [1.29, 1.82) is 0 Å². The zero-order chi connectivity index (χ0) is 23.9. The number of rotatable bonds is 11. The van der Waals surface area contributed by atoms with Crippen molar-refractivity contribution in [3.05, 3.63) is 0 Å². The summed E-state index contributed by atoms with van der Waals surface area (Å²) < 4.78 is 0. The number of aliphatic hydroxyl groups is 1. The average molecular weight is 443 g/mol. The number of amides is 3. The third-order valence-corrected chi connectivity index (χ3v) is 5.27. The Bertz CT molecular complexity index is 652. The Hall–Kier alpha value is -2.20. The highest BCUT2D eigenvalue weighted by Gasteiger charge is 2.38. The number of hydrogen-bond donors (Lipinski definition) is 5. The first kappa shape index (κ1) is 26.8. The molecule has 10 nitrogen and oxygen atoms in total. The van der Waals surface area contributed by atoms with Gasteiger partial charge in [-0.25, -0.2) is 4.79 Å². The summed E-state index contributed by atoms with van der Waals surface area (Å²) in [6.07, 6.45) is 0.491. The molecule has 0 unspecified atom stereocenters. The molecule has 6 N–H and O–H groups in total. The lowest BCUT2D eigenvalue weighted by Gasteiger charge is -2.29. The summed E-state index contributed by atoms with van der Waals surface area (Å²) in [5.41, 5.74) is 6.00. The molecular weight excluding hydrogens is 404 g/mol. The highest BCUT2D eigenvalue weighted by atomic mass is 16.4. The van der Waals surface area contributed by atoms with Gasteiger partial charge >= 0.3 is 5.97 Å². The molecule has 0 aromatic carbocycles. The van der Waals surface area contributed by atoms with E-state index in [0.717, 1.165) is 0 Å². The predicted molar refractivity (Wildman–Crippen MR) is 115 cm³/mol.